The Kier molecular flexibility index (Phi) is 6.23. The van der Waals surface area contributed by atoms with E-state index in [4.69, 9.17) is 4.74 Å². The third kappa shape index (κ3) is 5.34. The molecule has 0 spiro atoms. The summed E-state index contributed by atoms with van der Waals surface area (Å²) in [5.41, 5.74) is -0.863. The summed E-state index contributed by atoms with van der Waals surface area (Å²) in [5.74, 6) is 0.139. The number of aryl methyl sites for hydroxylation is 1. The van der Waals surface area contributed by atoms with Crippen LogP contribution in [0.1, 0.15) is 18.9 Å². The highest BCUT2D eigenvalue weighted by atomic mass is 32.2. The molecule has 1 heterocycles. The minimum absolute atomic E-state index is 0.00741. The molecule has 0 aliphatic heterocycles. The summed E-state index contributed by atoms with van der Waals surface area (Å²) in [6.45, 7) is 1.97. The highest BCUT2D eigenvalue weighted by Crippen LogP contribution is 2.35. The zero-order valence-corrected chi connectivity index (χ0v) is 14.3. The highest BCUT2D eigenvalue weighted by molar-refractivity contribution is 7.99. The van der Waals surface area contributed by atoms with Crippen LogP contribution in [0.4, 0.5) is 18.9 Å². The minimum atomic E-state index is -4.50. The maximum absolute atomic E-state index is 12.8. The van der Waals surface area contributed by atoms with Gasteiger partial charge in [0.05, 0.1) is 17.9 Å². The number of aromatic nitrogens is 4. The molecular formula is C14H16F3N5O2S. The smallest absolute Gasteiger partial charge is 0.416 e. The van der Waals surface area contributed by atoms with Crippen LogP contribution in [0.15, 0.2) is 23.4 Å². The molecule has 0 aliphatic rings. The van der Waals surface area contributed by atoms with Crippen LogP contribution >= 0.6 is 11.8 Å². The lowest BCUT2D eigenvalue weighted by atomic mass is 10.1. The van der Waals surface area contributed by atoms with E-state index < -0.39 is 17.6 Å². The average molecular weight is 375 g/mol. The van der Waals surface area contributed by atoms with Crippen molar-refractivity contribution in [1.29, 1.82) is 0 Å². The molecule has 0 unspecified atom stereocenters. The molecule has 0 aliphatic carbocycles. The molecule has 7 nitrogen and oxygen atoms in total. The van der Waals surface area contributed by atoms with Gasteiger partial charge in [0.2, 0.25) is 11.1 Å². The van der Waals surface area contributed by atoms with Crippen molar-refractivity contribution < 1.29 is 22.7 Å². The van der Waals surface area contributed by atoms with Crippen molar-refractivity contribution in [2.24, 2.45) is 7.05 Å². The maximum Gasteiger partial charge on any atom is 0.416 e. The molecule has 0 atom stereocenters. The maximum atomic E-state index is 12.8. The van der Waals surface area contributed by atoms with Crippen molar-refractivity contribution >= 4 is 23.4 Å². The summed E-state index contributed by atoms with van der Waals surface area (Å²) in [6, 6.07) is 2.97. The SMILES string of the molecule is CCOc1ccc(C(F)(F)F)cc1NC(=O)CCSc1nnnn1C. The van der Waals surface area contributed by atoms with Gasteiger partial charge in [0.15, 0.2) is 0 Å². The van der Waals surface area contributed by atoms with Crippen LogP contribution in [0.3, 0.4) is 0 Å². The highest BCUT2D eigenvalue weighted by Gasteiger charge is 2.31. The minimum Gasteiger partial charge on any atom is -0.492 e. The van der Waals surface area contributed by atoms with Crippen LogP contribution in [0.2, 0.25) is 0 Å². The number of nitrogens with one attached hydrogen (secondary N) is 1. The number of alkyl halides is 3. The van der Waals surface area contributed by atoms with Crippen molar-refractivity contribution in [2.45, 2.75) is 24.7 Å². The lowest BCUT2D eigenvalue weighted by molar-refractivity contribution is -0.137. The molecule has 1 aromatic heterocycles. The molecular weight excluding hydrogens is 359 g/mol. The van der Waals surface area contributed by atoms with E-state index in [0.717, 1.165) is 12.1 Å². The van der Waals surface area contributed by atoms with Crippen LogP contribution in [0.5, 0.6) is 5.75 Å². The molecule has 25 heavy (non-hydrogen) atoms. The molecule has 0 fully saturated rings. The van der Waals surface area contributed by atoms with Crippen LogP contribution in [-0.4, -0.2) is 38.5 Å². The molecule has 0 bridgehead atoms. The van der Waals surface area contributed by atoms with Crippen LogP contribution < -0.4 is 10.1 Å². The number of halogens is 3. The monoisotopic (exact) mass is 375 g/mol. The number of nitrogens with zero attached hydrogens (tertiary/aromatic N) is 4. The van der Waals surface area contributed by atoms with E-state index >= 15 is 0 Å². The zero-order valence-electron chi connectivity index (χ0n) is 13.5. The van der Waals surface area contributed by atoms with E-state index in [9.17, 15) is 18.0 Å². The van der Waals surface area contributed by atoms with E-state index in [-0.39, 0.29) is 24.5 Å². The Morgan fingerprint density at radius 1 is 1.40 bits per heavy atom. The van der Waals surface area contributed by atoms with Crippen LogP contribution in [0, 0.1) is 0 Å². The van der Waals surface area contributed by atoms with Crippen molar-refractivity contribution in [3.05, 3.63) is 23.8 Å². The summed E-state index contributed by atoms with van der Waals surface area (Å²) in [5, 5.41) is 13.9. The van der Waals surface area contributed by atoms with Crippen molar-refractivity contribution in [3.8, 4) is 5.75 Å². The number of amides is 1. The first-order valence-corrected chi connectivity index (χ1v) is 8.29. The lowest BCUT2D eigenvalue weighted by Gasteiger charge is -2.14. The summed E-state index contributed by atoms with van der Waals surface area (Å²) in [7, 11) is 1.67. The van der Waals surface area contributed by atoms with Crippen molar-refractivity contribution in [1.82, 2.24) is 20.2 Å². The fourth-order valence-electron chi connectivity index (χ4n) is 1.88. The van der Waals surface area contributed by atoms with Gasteiger partial charge in [-0.1, -0.05) is 11.8 Å². The largest absolute Gasteiger partial charge is 0.492 e. The van der Waals surface area contributed by atoms with E-state index in [1.165, 1.54) is 22.5 Å². The quantitative estimate of drug-likeness (QED) is 0.750. The molecule has 1 amide bonds. The van der Waals surface area contributed by atoms with Crippen LogP contribution in [0.25, 0.3) is 0 Å². The summed E-state index contributed by atoms with van der Waals surface area (Å²) >= 11 is 1.27. The lowest BCUT2D eigenvalue weighted by Crippen LogP contribution is -2.15. The number of benzene rings is 1. The molecule has 1 aromatic carbocycles. The molecule has 2 aromatic rings. The summed E-state index contributed by atoms with van der Waals surface area (Å²) < 4.78 is 45.3. The molecule has 2 rings (SSSR count). The number of rotatable bonds is 7. The molecule has 0 saturated heterocycles. The van der Waals surface area contributed by atoms with E-state index in [1.807, 2.05) is 0 Å². The van der Waals surface area contributed by atoms with Crippen LogP contribution in [-0.2, 0) is 18.0 Å². The summed E-state index contributed by atoms with van der Waals surface area (Å²) in [4.78, 5) is 12.0. The Morgan fingerprint density at radius 2 is 2.16 bits per heavy atom. The topological polar surface area (TPSA) is 81.9 Å². The number of thioether (sulfide) groups is 1. The Morgan fingerprint density at radius 3 is 2.76 bits per heavy atom. The van der Waals surface area contributed by atoms with Gasteiger partial charge in [-0.15, -0.1) is 5.10 Å². The van der Waals surface area contributed by atoms with Gasteiger partial charge in [0.1, 0.15) is 5.75 Å². The number of ether oxygens (including phenoxy) is 1. The second kappa shape index (κ2) is 8.19. The van der Waals surface area contributed by atoms with Crippen molar-refractivity contribution in [3.63, 3.8) is 0 Å². The summed E-state index contributed by atoms with van der Waals surface area (Å²) in [6.07, 6.45) is -4.42. The number of hydrogen-bond acceptors (Lipinski definition) is 6. The number of hydrogen-bond donors (Lipinski definition) is 1. The normalized spacial score (nSPS) is 11.4. The second-order valence-electron chi connectivity index (χ2n) is 4.87. The Bertz CT molecular complexity index is 735. The van der Waals surface area contributed by atoms with Gasteiger partial charge in [-0.05, 0) is 35.5 Å². The van der Waals surface area contributed by atoms with Gasteiger partial charge < -0.3 is 10.1 Å². The molecule has 1 N–H and O–H groups in total. The Hall–Kier alpha value is -2.30. The molecule has 0 saturated carbocycles. The molecule has 136 valence electrons. The fraction of sp³-hybridized carbons (Fsp3) is 0.429. The number of anilines is 1. The predicted molar refractivity (Wildman–Crippen MR) is 85.4 cm³/mol. The van der Waals surface area contributed by atoms with E-state index in [0.29, 0.717) is 10.9 Å². The third-order valence-corrected chi connectivity index (χ3v) is 4.03. The van der Waals surface area contributed by atoms with E-state index in [2.05, 4.69) is 20.8 Å². The Balaban J connectivity index is 2.01. The third-order valence-electron chi connectivity index (χ3n) is 3.02. The van der Waals surface area contributed by atoms with Gasteiger partial charge in [-0.2, -0.15) is 13.2 Å². The Labute approximate surface area is 145 Å². The van der Waals surface area contributed by atoms with Gasteiger partial charge >= 0.3 is 6.18 Å². The van der Waals surface area contributed by atoms with Gasteiger partial charge in [-0.3, -0.25) is 4.79 Å². The van der Waals surface area contributed by atoms with Gasteiger partial charge in [-0.25, -0.2) is 4.68 Å². The number of tetrazole rings is 1. The van der Waals surface area contributed by atoms with Gasteiger partial charge in [0, 0.05) is 19.2 Å². The van der Waals surface area contributed by atoms with E-state index in [1.54, 1.807) is 14.0 Å². The standard InChI is InChI=1S/C14H16F3N5O2S/c1-3-24-11-5-4-9(14(15,16)17)8-10(11)18-12(23)6-7-25-13-19-20-21-22(13)2/h4-5,8H,3,6-7H2,1-2H3,(H,18,23). The first-order valence-electron chi connectivity index (χ1n) is 7.30. The van der Waals surface area contributed by atoms with Crippen molar-refractivity contribution in [2.75, 3.05) is 17.7 Å². The average Bonchev–Trinajstić information content (AvgIpc) is 2.93. The van der Waals surface area contributed by atoms with Gasteiger partial charge in [0.25, 0.3) is 0 Å². The second-order valence-corrected chi connectivity index (χ2v) is 5.94. The fourth-order valence-corrected chi connectivity index (χ4v) is 2.66. The first kappa shape index (κ1) is 19.0. The first-order chi connectivity index (χ1) is 11.8. The number of carbonyl (C=O) groups excluding carboxylic acids is 1. The number of carbonyl (C=O) groups is 1. The molecule has 0 radical (unpaired) electrons. The predicted octanol–water partition coefficient (Wildman–Crippen LogP) is 2.75. The molecule has 11 heteroatoms. The zero-order chi connectivity index (χ0) is 18.4.